The third-order valence-electron chi connectivity index (χ3n) is 3.87. The van der Waals surface area contributed by atoms with Crippen LogP contribution in [0, 0.1) is 0 Å². The molecule has 0 spiro atoms. The first-order chi connectivity index (χ1) is 9.62. The van der Waals surface area contributed by atoms with E-state index in [2.05, 4.69) is 24.1 Å². The molecule has 1 aromatic carbocycles. The second-order valence-corrected chi connectivity index (χ2v) is 5.85. The Labute approximate surface area is 122 Å². The smallest absolute Gasteiger partial charge is 0.119 e. The molecular formula is C16H26N2O2. The van der Waals surface area contributed by atoms with E-state index in [-0.39, 0.29) is 5.54 Å². The number of rotatable bonds is 6. The number of nitrogens with one attached hydrogen (secondary N) is 1. The van der Waals surface area contributed by atoms with E-state index in [9.17, 15) is 0 Å². The molecule has 1 saturated heterocycles. The minimum atomic E-state index is 0.248. The predicted octanol–water partition coefficient (Wildman–Crippen LogP) is 2.15. The Balaban J connectivity index is 1.70. The number of ether oxygens (including phenoxy) is 2. The minimum absolute atomic E-state index is 0.248. The van der Waals surface area contributed by atoms with E-state index in [0.29, 0.717) is 0 Å². The maximum atomic E-state index is 5.77. The van der Waals surface area contributed by atoms with Crippen LogP contribution in [0.15, 0.2) is 24.3 Å². The van der Waals surface area contributed by atoms with E-state index in [1.807, 2.05) is 24.3 Å². The molecule has 1 aromatic rings. The average Bonchev–Trinajstić information content (AvgIpc) is 2.45. The van der Waals surface area contributed by atoms with Crippen molar-refractivity contribution >= 4 is 0 Å². The zero-order valence-corrected chi connectivity index (χ0v) is 12.8. The molecule has 0 aliphatic carbocycles. The number of benzene rings is 1. The molecule has 0 atom stereocenters. The van der Waals surface area contributed by atoms with E-state index in [1.54, 1.807) is 7.11 Å². The van der Waals surface area contributed by atoms with Crippen LogP contribution in [0.3, 0.4) is 0 Å². The van der Waals surface area contributed by atoms with Crippen molar-refractivity contribution in [3.8, 4) is 11.5 Å². The molecule has 0 amide bonds. The predicted molar refractivity (Wildman–Crippen MR) is 81.6 cm³/mol. The van der Waals surface area contributed by atoms with E-state index in [1.165, 1.54) is 0 Å². The monoisotopic (exact) mass is 278 g/mol. The summed E-state index contributed by atoms with van der Waals surface area (Å²) in [5.41, 5.74) is 0.248. The summed E-state index contributed by atoms with van der Waals surface area (Å²) in [6.07, 6.45) is 1.05. The Morgan fingerprint density at radius 2 is 1.90 bits per heavy atom. The van der Waals surface area contributed by atoms with Gasteiger partial charge in [-0.05, 0) is 44.5 Å². The normalized spacial score (nSPS) is 18.8. The highest BCUT2D eigenvalue weighted by Crippen LogP contribution is 2.18. The van der Waals surface area contributed by atoms with Gasteiger partial charge in [0.1, 0.15) is 11.5 Å². The molecule has 2 rings (SSSR count). The Morgan fingerprint density at radius 1 is 1.20 bits per heavy atom. The van der Waals surface area contributed by atoms with Crippen molar-refractivity contribution in [2.24, 2.45) is 0 Å². The Morgan fingerprint density at radius 3 is 2.55 bits per heavy atom. The third-order valence-corrected chi connectivity index (χ3v) is 3.87. The van der Waals surface area contributed by atoms with Crippen molar-refractivity contribution in [1.82, 2.24) is 10.2 Å². The quantitative estimate of drug-likeness (QED) is 0.809. The molecule has 0 aromatic heterocycles. The minimum Gasteiger partial charge on any atom is -0.497 e. The Hall–Kier alpha value is -1.26. The molecule has 4 heteroatoms. The molecule has 0 saturated carbocycles. The molecule has 0 radical (unpaired) electrons. The fraction of sp³-hybridized carbons (Fsp3) is 0.625. The number of hydrogen-bond acceptors (Lipinski definition) is 4. The van der Waals surface area contributed by atoms with Crippen molar-refractivity contribution in [1.29, 1.82) is 0 Å². The molecular weight excluding hydrogens is 252 g/mol. The zero-order chi connectivity index (χ0) is 14.4. The van der Waals surface area contributed by atoms with Crippen molar-refractivity contribution in [3.05, 3.63) is 24.3 Å². The molecule has 1 fully saturated rings. The SMILES string of the molecule is COc1ccc(OCCCN2CCNCC2(C)C)cc1. The Kier molecular flexibility index (Phi) is 5.26. The fourth-order valence-electron chi connectivity index (χ4n) is 2.55. The summed E-state index contributed by atoms with van der Waals surface area (Å²) in [6.45, 7) is 9.70. The first-order valence-electron chi connectivity index (χ1n) is 7.34. The van der Waals surface area contributed by atoms with Crippen molar-refractivity contribution in [3.63, 3.8) is 0 Å². The number of nitrogens with zero attached hydrogens (tertiary/aromatic N) is 1. The molecule has 112 valence electrons. The van der Waals surface area contributed by atoms with Gasteiger partial charge in [0.05, 0.1) is 13.7 Å². The first kappa shape index (κ1) is 15.1. The van der Waals surface area contributed by atoms with E-state index < -0.39 is 0 Å². The lowest BCUT2D eigenvalue weighted by Gasteiger charge is -2.42. The van der Waals surface area contributed by atoms with Gasteiger partial charge in [-0.2, -0.15) is 0 Å². The maximum absolute atomic E-state index is 5.77. The van der Waals surface area contributed by atoms with Crippen LogP contribution in [0.5, 0.6) is 11.5 Å². The second kappa shape index (κ2) is 6.95. The summed E-state index contributed by atoms with van der Waals surface area (Å²) in [5.74, 6) is 1.77. The number of piperazine rings is 1. The summed E-state index contributed by atoms with van der Waals surface area (Å²) in [4.78, 5) is 2.54. The second-order valence-electron chi connectivity index (χ2n) is 5.85. The van der Waals surface area contributed by atoms with Gasteiger partial charge in [-0.25, -0.2) is 0 Å². The largest absolute Gasteiger partial charge is 0.497 e. The number of hydrogen-bond donors (Lipinski definition) is 1. The standard InChI is InChI=1S/C16H26N2O2/c1-16(2)13-17-9-11-18(16)10-4-12-20-15-7-5-14(19-3)6-8-15/h5-8,17H,4,9-13H2,1-3H3. The van der Waals surface area contributed by atoms with E-state index >= 15 is 0 Å². The molecule has 0 unspecified atom stereocenters. The van der Waals surface area contributed by atoms with Gasteiger partial charge in [0.15, 0.2) is 0 Å². The van der Waals surface area contributed by atoms with Crippen LogP contribution < -0.4 is 14.8 Å². The van der Waals surface area contributed by atoms with Crippen molar-refractivity contribution < 1.29 is 9.47 Å². The molecule has 1 aliphatic heterocycles. The highest BCUT2D eigenvalue weighted by atomic mass is 16.5. The van der Waals surface area contributed by atoms with Crippen LogP contribution in [0.25, 0.3) is 0 Å². The summed E-state index contributed by atoms with van der Waals surface area (Å²) >= 11 is 0. The van der Waals surface area contributed by atoms with Gasteiger partial charge in [0.25, 0.3) is 0 Å². The van der Waals surface area contributed by atoms with Gasteiger partial charge in [0.2, 0.25) is 0 Å². The van der Waals surface area contributed by atoms with Gasteiger partial charge >= 0.3 is 0 Å². The molecule has 1 heterocycles. The molecule has 1 aliphatic rings. The molecule has 20 heavy (non-hydrogen) atoms. The van der Waals surface area contributed by atoms with Gasteiger partial charge in [0, 0.05) is 31.7 Å². The van der Waals surface area contributed by atoms with Gasteiger partial charge in [-0.15, -0.1) is 0 Å². The summed E-state index contributed by atoms with van der Waals surface area (Å²) < 4.78 is 10.9. The van der Waals surface area contributed by atoms with Crippen LogP contribution >= 0.6 is 0 Å². The summed E-state index contributed by atoms with van der Waals surface area (Å²) in [6, 6.07) is 7.75. The highest BCUT2D eigenvalue weighted by molar-refractivity contribution is 5.31. The third kappa shape index (κ3) is 4.12. The van der Waals surface area contributed by atoms with E-state index in [4.69, 9.17) is 9.47 Å². The topological polar surface area (TPSA) is 33.7 Å². The maximum Gasteiger partial charge on any atom is 0.119 e. The van der Waals surface area contributed by atoms with Crippen molar-refractivity contribution in [2.45, 2.75) is 25.8 Å². The van der Waals surface area contributed by atoms with Crippen LogP contribution in [-0.4, -0.2) is 50.3 Å². The summed E-state index contributed by atoms with van der Waals surface area (Å²) in [5, 5.41) is 3.45. The average molecular weight is 278 g/mol. The van der Waals surface area contributed by atoms with Crippen LogP contribution in [0.4, 0.5) is 0 Å². The van der Waals surface area contributed by atoms with E-state index in [0.717, 1.165) is 50.7 Å². The van der Waals surface area contributed by atoms with Crippen LogP contribution in [0.1, 0.15) is 20.3 Å². The van der Waals surface area contributed by atoms with Gasteiger partial charge < -0.3 is 14.8 Å². The van der Waals surface area contributed by atoms with Crippen LogP contribution in [-0.2, 0) is 0 Å². The first-order valence-corrected chi connectivity index (χ1v) is 7.34. The van der Waals surface area contributed by atoms with Crippen molar-refractivity contribution in [2.75, 3.05) is 39.9 Å². The molecule has 1 N–H and O–H groups in total. The zero-order valence-electron chi connectivity index (χ0n) is 12.8. The lowest BCUT2D eigenvalue weighted by Crippen LogP contribution is -2.58. The van der Waals surface area contributed by atoms with Gasteiger partial charge in [-0.3, -0.25) is 4.90 Å². The summed E-state index contributed by atoms with van der Waals surface area (Å²) in [7, 11) is 1.67. The fourth-order valence-corrected chi connectivity index (χ4v) is 2.55. The molecule has 4 nitrogen and oxygen atoms in total. The Bertz CT molecular complexity index is 403. The van der Waals surface area contributed by atoms with Crippen LogP contribution in [0.2, 0.25) is 0 Å². The highest BCUT2D eigenvalue weighted by Gasteiger charge is 2.28. The lowest BCUT2D eigenvalue weighted by molar-refractivity contribution is 0.0842. The lowest BCUT2D eigenvalue weighted by atomic mass is 10.00. The molecule has 0 bridgehead atoms. The number of methoxy groups -OCH3 is 1. The van der Waals surface area contributed by atoms with Gasteiger partial charge in [-0.1, -0.05) is 0 Å².